The molecule has 50 valence electrons. The third-order valence-corrected chi connectivity index (χ3v) is 0.426. The minimum atomic E-state index is 0.178. The van der Waals surface area contributed by atoms with Crippen molar-refractivity contribution < 1.29 is 9.90 Å². The molecule has 0 aliphatic carbocycles. The molecular weight excluding hydrogens is 106 g/mol. The molecule has 0 bridgehead atoms. The van der Waals surface area contributed by atoms with Gasteiger partial charge in [-0.2, -0.15) is 0 Å². The summed E-state index contributed by atoms with van der Waals surface area (Å²) in [6, 6.07) is 0. The van der Waals surface area contributed by atoms with Gasteiger partial charge in [-0.05, 0) is 14.0 Å². The Morgan fingerprint density at radius 3 is 2.00 bits per heavy atom. The van der Waals surface area contributed by atoms with Crippen LogP contribution in [0.5, 0.6) is 0 Å². The number of ketones is 1. The van der Waals surface area contributed by atoms with Crippen LogP contribution in [0.25, 0.3) is 0 Å². The van der Waals surface area contributed by atoms with Gasteiger partial charge in [-0.3, -0.25) is 4.79 Å². The smallest absolute Gasteiger partial charge is 0.143 e. The van der Waals surface area contributed by atoms with E-state index < -0.39 is 0 Å². The fourth-order valence-corrected chi connectivity index (χ4v) is 0.249. The van der Waals surface area contributed by atoms with E-state index in [9.17, 15) is 4.79 Å². The lowest BCUT2D eigenvalue weighted by Crippen LogP contribution is -2.14. The average Bonchev–Trinajstić information content (AvgIpc) is 1.72. The summed E-state index contributed by atoms with van der Waals surface area (Å²) >= 11 is 0. The van der Waals surface area contributed by atoms with Crippen LogP contribution >= 0.6 is 0 Å². The van der Waals surface area contributed by atoms with Crippen molar-refractivity contribution in [3.8, 4) is 0 Å². The van der Waals surface area contributed by atoms with Gasteiger partial charge in [-0.1, -0.05) is 0 Å². The van der Waals surface area contributed by atoms with Crippen LogP contribution < -0.4 is 5.32 Å². The van der Waals surface area contributed by atoms with E-state index in [1.165, 1.54) is 0 Å². The highest BCUT2D eigenvalue weighted by Gasteiger charge is 1.82. The van der Waals surface area contributed by atoms with E-state index in [1.54, 1.807) is 14.0 Å². The number of aliphatic hydroxyl groups excluding tert-OH is 1. The summed E-state index contributed by atoms with van der Waals surface area (Å²) in [4.78, 5) is 9.98. The van der Waals surface area contributed by atoms with Crippen molar-refractivity contribution >= 4 is 5.78 Å². The van der Waals surface area contributed by atoms with E-state index in [4.69, 9.17) is 5.11 Å². The van der Waals surface area contributed by atoms with Crippen molar-refractivity contribution in [1.82, 2.24) is 5.32 Å². The minimum absolute atomic E-state index is 0.178. The Kier molecular flexibility index (Phi) is 12.9. The van der Waals surface area contributed by atoms with Crippen LogP contribution in [-0.4, -0.2) is 31.6 Å². The molecule has 0 saturated carbocycles. The number of likely N-dealkylation sites (N-methyl/N-ethyl adjacent to an activating group) is 1. The molecule has 0 amide bonds. The van der Waals surface area contributed by atoms with Gasteiger partial charge in [0.15, 0.2) is 0 Å². The molecule has 0 aliphatic heterocycles. The van der Waals surface area contributed by atoms with Crippen molar-refractivity contribution in [3.05, 3.63) is 0 Å². The number of hydrogen-bond donors (Lipinski definition) is 2. The van der Waals surface area contributed by atoms with Gasteiger partial charge in [0.05, 0.1) is 6.54 Å². The summed E-state index contributed by atoms with van der Waals surface area (Å²) in [6.07, 6.45) is 0. The molecule has 0 heterocycles. The highest BCUT2D eigenvalue weighted by Crippen LogP contribution is 1.57. The Morgan fingerprint density at radius 1 is 1.62 bits per heavy atom. The van der Waals surface area contributed by atoms with E-state index in [0.717, 1.165) is 7.11 Å². The first kappa shape index (κ1) is 10.5. The lowest BCUT2D eigenvalue weighted by Gasteiger charge is -1.85. The molecule has 0 unspecified atom stereocenters. The number of hydrogen-bond acceptors (Lipinski definition) is 3. The lowest BCUT2D eigenvalue weighted by atomic mass is 10.5. The zero-order chi connectivity index (χ0) is 6.99. The maximum atomic E-state index is 9.98. The summed E-state index contributed by atoms with van der Waals surface area (Å²) in [5.74, 6) is 0.178. The molecule has 0 aromatic rings. The van der Waals surface area contributed by atoms with E-state index in [0.29, 0.717) is 6.54 Å². The SMILES string of the molecule is CNCC(C)=O.CO. The normalized spacial score (nSPS) is 7.00. The van der Waals surface area contributed by atoms with Crippen LogP contribution in [-0.2, 0) is 4.79 Å². The van der Waals surface area contributed by atoms with Crippen molar-refractivity contribution in [2.24, 2.45) is 0 Å². The Hall–Kier alpha value is -0.410. The topological polar surface area (TPSA) is 49.3 Å². The first-order valence-corrected chi connectivity index (χ1v) is 2.36. The number of carbonyl (C=O) groups excluding carboxylic acids is 1. The molecular formula is C5H13NO2. The summed E-state index contributed by atoms with van der Waals surface area (Å²) in [5, 5.41) is 9.72. The molecule has 0 radical (unpaired) electrons. The van der Waals surface area contributed by atoms with Crippen molar-refractivity contribution in [2.75, 3.05) is 20.7 Å². The Morgan fingerprint density at radius 2 is 2.00 bits per heavy atom. The van der Waals surface area contributed by atoms with Gasteiger partial charge >= 0.3 is 0 Å². The lowest BCUT2D eigenvalue weighted by molar-refractivity contribution is -0.116. The first-order valence-electron chi connectivity index (χ1n) is 2.36. The summed E-state index contributed by atoms with van der Waals surface area (Å²) in [6.45, 7) is 2.04. The Balaban J connectivity index is 0. The third kappa shape index (κ3) is 17.6. The number of rotatable bonds is 2. The van der Waals surface area contributed by atoms with Gasteiger partial charge in [-0.25, -0.2) is 0 Å². The van der Waals surface area contributed by atoms with E-state index in [2.05, 4.69) is 5.32 Å². The van der Waals surface area contributed by atoms with Crippen molar-refractivity contribution in [1.29, 1.82) is 0 Å². The van der Waals surface area contributed by atoms with Crippen LogP contribution in [0, 0.1) is 0 Å². The highest BCUT2D eigenvalue weighted by molar-refractivity contribution is 5.77. The van der Waals surface area contributed by atoms with E-state index in [-0.39, 0.29) is 5.78 Å². The summed E-state index contributed by atoms with van der Waals surface area (Å²) in [7, 11) is 2.75. The molecule has 0 aliphatic rings. The van der Waals surface area contributed by atoms with Gasteiger partial charge in [0.25, 0.3) is 0 Å². The molecule has 0 spiro atoms. The molecule has 0 aromatic heterocycles. The molecule has 0 aromatic carbocycles. The van der Waals surface area contributed by atoms with Gasteiger partial charge < -0.3 is 10.4 Å². The third-order valence-electron chi connectivity index (χ3n) is 0.426. The second kappa shape index (κ2) is 9.77. The van der Waals surface area contributed by atoms with Crippen molar-refractivity contribution in [3.63, 3.8) is 0 Å². The quantitative estimate of drug-likeness (QED) is 0.510. The summed E-state index contributed by atoms with van der Waals surface area (Å²) < 4.78 is 0. The number of carbonyl (C=O) groups is 1. The summed E-state index contributed by atoms with van der Waals surface area (Å²) in [5.41, 5.74) is 0. The second-order valence-corrected chi connectivity index (χ2v) is 1.23. The largest absolute Gasteiger partial charge is 0.400 e. The average molecular weight is 119 g/mol. The van der Waals surface area contributed by atoms with Crippen LogP contribution in [0.15, 0.2) is 0 Å². The van der Waals surface area contributed by atoms with Crippen LogP contribution in [0.4, 0.5) is 0 Å². The fourth-order valence-electron chi connectivity index (χ4n) is 0.249. The molecule has 0 atom stereocenters. The number of Topliss-reactive ketones (excluding diaryl/α,β-unsaturated/α-hetero) is 1. The Labute approximate surface area is 49.7 Å². The first-order chi connectivity index (χ1) is 3.77. The second-order valence-electron chi connectivity index (χ2n) is 1.23. The number of nitrogens with one attached hydrogen (secondary N) is 1. The zero-order valence-corrected chi connectivity index (χ0v) is 5.56. The maximum Gasteiger partial charge on any atom is 0.143 e. The van der Waals surface area contributed by atoms with Crippen LogP contribution in [0.3, 0.4) is 0 Å². The van der Waals surface area contributed by atoms with E-state index >= 15 is 0 Å². The van der Waals surface area contributed by atoms with Crippen molar-refractivity contribution in [2.45, 2.75) is 6.92 Å². The monoisotopic (exact) mass is 119 g/mol. The molecule has 8 heavy (non-hydrogen) atoms. The van der Waals surface area contributed by atoms with Gasteiger partial charge in [0.2, 0.25) is 0 Å². The van der Waals surface area contributed by atoms with Gasteiger partial charge in [0.1, 0.15) is 5.78 Å². The molecule has 2 N–H and O–H groups in total. The Bertz CT molecular complexity index is 54.4. The van der Waals surface area contributed by atoms with Crippen LogP contribution in [0.1, 0.15) is 6.92 Å². The molecule has 0 saturated heterocycles. The van der Waals surface area contributed by atoms with Gasteiger partial charge in [0, 0.05) is 7.11 Å². The maximum absolute atomic E-state index is 9.98. The predicted molar refractivity (Wildman–Crippen MR) is 32.8 cm³/mol. The van der Waals surface area contributed by atoms with E-state index in [1.807, 2.05) is 0 Å². The molecule has 3 heteroatoms. The standard InChI is InChI=1S/C4H9NO.CH4O/c1-4(6)3-5-2;1-2/h5H,3H2,1-2H3;2H,1H3. The highest BCUT2D eigenvalue weighted by atomic mass is 16.2. The fraction of sp³-hybridized carbons (Fsp3) is 0.800. The van der Waals surface area contributed by atoms with Gasteiger partial charge in [-0.15, -0.1) is 0 Å². The van der Waals surface area contributed by atoms with Crippen LogP contribution in [0.2, 0.25) is 0 Å². The number of aliphatic hydroxyl groups is 1. The molecule has 0 fully saturated rings. The molecule has 0 rings (SSSR count). The molecule has 3 nitrogen and oxygen atoms in total. The predicted octanol–water partition coefficient (Wildman–Crippen LogP) is -0.597. The minimum Gasteiger partial charge on any atom is -0.400 e. The zero-order valence-electron chi connectivity index (χ0n) is 5.56.